The molecular formula is C15H11BrClF3N2O. The van der Waals surface area contributed by atoms with Crippen molar-refractivity contribution in [3.8, 4) is 0 Å². The molecule has 0 aromatic heterocycles. The Labute approximate surface area is 144 Å². The van der Waals surface area contributed by atoms with Crippen LogP contribution in [0, 0.1) is 0 Å². The highest BCUT2D eigenvalue weighted by Crippen LogP contribution is 2.36. The third kappa shape index (κ3) is 5.14. The summed E-state index contributed by atoms with van der Waals surface area (Å²) in [6, 6.07) is 9.87. The minimum Gasteiger partial charge on any atom is -0.334 e. The molecule has 0 atom stereocenters. The fraction of sp³-hybridized carbons (Fsp3) is 0.133. The van der Waals surface area contributed by atoms with Gasteiger partial charge in [0.2, 0.25) is 0 Å². The summed E-state index contributed by atoms with van der Waals surface area (Å²) < 4.78 is 39.1. The maximum atomic E-state index is 12.8. The molecule has 0 bridgehead atoms. The van der Waals surface area contributed by atoms with Crippen LogP contribution in [0.2, 0.25) is 5.02 Å². The van der Waals surface area contributed by atoms with E-state index in [2.05, 4.69) is 26.6 Å². The van der Waals surface area contributed by atoms with E-state index in [4.69, 9.17) is 11.6 Å². The van der Waals surface area contributed by atoms with Gasteiger partial charge in [-0.2, -0.15) is 13.2 Å². The van der Waals surface area contributed by atoms with Crippen molar-refractivity contribution < 1.29 is 18.0 Å². The highest BCUT2D eigenvalue weighted by atomic mass is 79.9. The lowest BCUT2D eigenvalue weighted by molar-refractivity contribution is -0.137. The predicted octanol–water partition coefficient (Wildman–Crippen LogP) is 5.44. The first kappa shape index (κ1) is 17.6. The Kier molecular flexibility index (Phi) is 5.54. The van der Waals surface area contributed by atoms with Crippen molar-refractivity contribution in [2.24, 2.45) is 0 Å². The molecule has 2 N–H and O–H groups in total. The molecule has 0 saturated heterocycles. The van der Waals surface area contributed by atoms with Crippen LogP contribution in [-0.2, 0) is 12.7 Å². The summed E-state index contributed by atoms with van der Waals surface area (Å²) in [5, 5.41) is 4.49. The number of nitrogens with one attached hydrogen (secondary N) is 2. The molecule has 0 heterocycles. The maximum Gasteiger partial charge on any atom is 0.417 e. The highest BCUT2D eigenvalue weighted by molar-refractivity contribution is 9.10. The van der Waals surface area contributed by atoms with Crippen LogP contribution in [0.25, 0.3) is 0 Å². The molecule has 0 unspecified atom stereocenters. The van der Waals surface area contributed by atoms with Crippen molar-refractivity contribution >= 4 is 39.2 Å². The van der Waals surface area contributed by atoms with Gasteiger partial charge in [0.25, 0.3) is 0 Å². The molecule has 0 aliphatic carbocycles. The largest absolute Gasteiger partial charge is 0.417 e. The zero-order valence-corrected chi connectivity index (χ0v) is 13.9. The van der Waals surface area contributed by atoms with Gasteiger partial charge in [-0.1, -0.05) is 39.7 Å². The Morgan fingerprint density at radius 2 is 1.91 bits per heavy atom. The van der Waals surface area contributed by atoms with E-state index in [9.17, 15) is 18.0 Å². The van der Waals surface area contributed by atoms with E-state index in [0.29, 0.717) is 0 Å². The molecule has 0 radical (unpaired) electrons. The summed E-state index contributed by atoms with van der Waals surface area (Å²) in [4.78, 5) is 11.8. The van der Waals surface area contributed by atoms with E-state index in [1.807, 2.05) is 24.3 Å². The molecule has 0 saturated carbocycles. The molecule has 0 fully saturated rings. The average molecular weight is 408 g/mol. The fourth-order valence-corrected chi connectivity index (χ4v) is 2.50. The van der Waals surface area contributed by atoms with Gasteiger partial charge in [-0.3, -0.25) is 0 Å². The Morgan fingerprint density at radius 1 is 1.17 bits per heavy atom. The van der Waals surface area contributed by atoms with Crippen molar-refractivity contribution in [1.29, 1.82) is 0 Å². The van der Waals surface area contributed by atoms with Crippen LogP contribution >= 0.6 is 27.5 Å². The van der Waals surface area contributed by atoms with E-state index in [-0.39, 0.29) is 12.2 Å². The summed E-state index contributed by atoms with van der Waals surface area (Å²) in [6.07, 6.45) is -4.58. The van der Waals surface area contributed by atoms with Crippen molar-refractivity contribution in [1.82, 2.24) is 5.32 Å². The van der Waals surface area contributed by atoms with Crippen molar-refractivity contribution in [2.75, 3.05) is 5.32 Å². The second kappa shape index (κ2) is 7.23. The number of amides is 2. The number of carbonyl (C=O) groups is 1. The van der Waals surface area contributed by atoms with Crippen molar-refractivity contribution in [3.63, 3.8) is 0 Å². The van der Waals surface area contributed by atoms with Crippen LogP contribution in [0.4, 0.5) is 23.7 Å². The van der Waals surface area contributed by atoms with Crippen LogP contribution in [0.15, 0.2) is 46.9 Å². The van der Waals surface area contributed by atoms with E-state index in [1.165, 1.54) is 6.07 Å². The molecule has 2 aromatic carbocycles. The topological polar surface area (TPSA) is 41.1 Å². The molecular weight excluding hydrogens is 397 g/mol. The van der Waals surface area contributed by atoms with E-state index in [1.54, 1.807) is 0 Å². The molecule has 2 aromatic rings. The van der Waals surface area contributed by atoms with Crippen molar-refractivity contribution in [2.45, 2.75) is 12.7 Å². The number of anilines is 1. The lowest BCUT2D eigenvalue weighted by atomic mass is 10.2. The molecule has 2 amide bonds. The minimum absolute atomic E-state index is 0.00784. The van der Waals surface area contributed by atoms with Gasteiger partial charge in [0.15, 0.2) is 0 Å². The first-order valence-electron chi connectivity index (χ1n) is 6.42. The smallest absolute Gasteiger partial charge is 0.334 e. The molecule has 0 aliphatic rings. The molecule has 0 spiro atoms. The number of hydrogen-bond acceptors (Lipinski definition) is 1. The van der Waals surface area contributed by atoms with Gasteiger partial charge in [0.05, 0.1) is 10.6 Å². The van der Waals surface area contributed by atoms with Crippen LogP contribution in [-0.4, -0.2) is 6.03 Å². The summed E-state index contributed by atoms with van der Waals surface area (Å²) in [7, 11) is 0. The van der Waals surface area contributed by atoms with Gasteiger partial charge in [-0.05, 0) is 35.9 Å². The second-order valence-electron chi connectivity index (χ2n) is 4.63. The van der Waals surface area contributed by atoms with Crippen LogP contribution < -0.4 is 10.6 Å². The molecule has 3 nitrogen and oxygen atoms in total. The lowest BCUT2D eigenvalue weighted by Crippen LogP contribution is -2.28. The Morgan fingerprint density at radius 3 is 2.57 bits per heavy atom. The fourth-order valence-electron chi connectivity index (χ4n) is 1.82. The molecule has 2 rings (SSSR count). The van der Waals surface area contributed by atoms with Gasteiger partial charge in [0.1, 0.15) is 0 Å². The van der Waals surface area contributed by atoms with E-state index in [0.717, 1.165) is 22.2 Å². The maximum absolute atomic E-state index is 12.8. The number of benzene rings is 2. The van der Waals surface area contributed by atoms with Gasteiger partial charge >= 0.3 is 12.2 Å². The number of carbonyl (C=O) groups excluding carboxylic acids is 1. The number of rotatable bonds is 3. The number of urea groups is 1. The number of halogens is 5. The first-order chi connectivity index (χ1) is 10.8. The molecule has 23 heavy (non-hydrogen) atoms. The van der Waals surface area contributed by atoms with Crippen LogP contribution in [0.5, 0.6) is 0 Å². The average Bonchev–Trinajstić information content (AvgIpc) is 2.46. The van der Waals surface area contributed by atoms with E-state index >= 15 is 0 Å². The third-order valence-electron chi connectivity index (χ3n) is 2.87. The standard InChI is InChI=1S/C15H11BrClF3N2O/c16-10-3-1-2-9(6-10)8-21-14(23)22-11-4-5-13(17)12(7-11)15(18,19)20/h1-7H,8H2,(H2,21,22,23). The number of hydrogen-bond donors (Lipinski definition) is 2. The van der Waals surface area contributed by atoms with Crippen molar-refractivity contribution in [3.05, 3.63) is 63.1 Å². The van der Waals surface area contributed by atoms with Gasteiger partial charge < -0.3 is 10.6 Å². The lowest BCUT2D eigenvalue weighted by Gasteiger charge is -2.12. The second-order valence-corrected chi connectivity index (χ2v) is 5.95. The summed E-state index contributed by atoms with van der Waals surface area (Å²) in [6.45, 7) is 0.241. The van der Waals surface area contributed by atoms with E-state index < -0.39 is 22.8 Å². The Bertz CT molecular complexity index is 722. The predicted molar refractivity (Wildman–Crippen MR) is 86.5 cm³/mol. The Hall–Kier alpha value is -1.73. The molecule has 8 heteroatoms. The SMILES string of the molecule is O=C(NCc1cccc(Br)c1)Nc1ccc(Cl)c(C(F)(F)F)c1. The Balaban J connectivity index is 2.00. The minimum atomic E-state index is -4.58. The van der Waals surface area contributed by atoms with Gasteiger partial charge in [0, 0.05) is 16.7 Å². The van der Waals surface area contributed by atoms with Crippen LogP contribution in [0.3, 0.4) is 0 Å². The zero-order chi connectivity index (χ0) is 17.0. The summed E-state index contributed by atoms with van der Waals surface area (Å²) in [5.74, 6) is 0. The molecule has 122 valence electrons. The quantitative estimate of drug-likeness (QED) is 0.698. The first-order valence-corrected chi connectivity index (χ1v) is 7.59. The zero-order valence-electron chi connectivity index (χ0n) is 11.5. The summed E-state index contributed by atoms with van der Waals surface area (Å²) in [5.41, 5.74) is -0.140. The van der Waals surface area contributed by atoms with Crippen LogP contribution in [0.1, 0.15) is 11.1 Å². The van der Waals surface area contributed by atoms with Gasteiger partial charge in [-0.25, -0.2) is 4.79 Å². The monoisotopic (exact) mass is 406 g/mol. The van der Waals surface area contributed by atoms with Gasteiger partial charge in [-0.15, -0.1) is 0 Å². The normalized spacial score (nSPS) is 11.2. The summed E-state index contributed by atoms with van der Waals surface area (Å²) >= 11 is 8.83. The number of alkyl halides is 3. The highest BCUT2D eigenvalue weighted by Gasteiger charge is 2.33. The molecule has 0 aliphatic heterocycles. The third-order valence-corrected chi connectivity index (χ3v) is 3.69.